The van der Waals surface area contributed by atoms with Crippen LogP contribution in [0.15, 0.2) is 0 Å². The van der Waals surface area contributed by atoms with Crippen LogP contribution in [0.25, 0.3) is 0 Å². The second-order valence-corrected chi connectivity index (χ2v) is 3.47. The van der Waals surface area contributed by atoms with Crippen LogP contribution in [0.1, 0.15) is 19.8 Å². The van der Waals surface area contributed by atoms with Crippen molar-refractivity contribution in [1.29, 1.82) is 0 Å². The highest BCUT2D eigenvalue weighted by atomic mass is 32.2. The van der Waals surface area contributed by atoms with Crippen LogP contribution in [0.5, 0.6) is 0 Å². The van der Waals surface area contributed by atoms with Crippen molar-refractivity contribution in [3.8, 4) is 0 Å². The lowest BCUT2D eigenvalue weighted by Crippen LogP contribution is -2.35. The van der Waals surface area contributed by atoms with E-state index >= 15 is 0 Å². The first-order chi connectivity index (χ1) is 5.81. The van der Waals surface area contributed by atoms with Gasteiger partial charge in [-0.2, -0.15) is 11.8 Å². The third kappa shape index (κ3) is 7.72. The maximum absolute atomic E-state index is 10.8. The van der Waals surface area contributed by atoms with Crippen molar-refractivity contribution in [2.75, 3.05) is 25.1 Å². The van der Waals surface area contributed by atoms with Gasteiger partial charge < -0.3 is 10.6 Å². The van der Waals surface area contributed by atoms with E-state index in [1.807, 2.05) is 18.7 Å². The number of unbranched alkanes of at least 4 members (excludes halogenated alkanes) is 1. The first-order valence-electron chi connectivity index (χ1n) is 4.32. The Hall–Kier alpha value is -0.380. The lowest BCUT2D eigenvalue weighted by molar-refractivity contribution is 0.241. The van der Waals surface area contributed by atoms with Gasteiger partial charge in [0, 0.05) is 13.1 Å². The van der Waals surface area contributed by atoms with Crippen LogP contribution in [0.2, 0.25) is 0 Å². The van der Waals surface area contributed by atoms with Gasteiger partial charge in [0.2, 0.25) is 0 Å². The molecule has 0 aromatic heterocycles. The Bertz CT molecular complexity index is 120. The molecule has 0 aliphatic rings. The lowest BCUT2D eigenvalue weighted by Gasteiger charge is -2.04. The van der Waals surface area contributed by atoms with Crippen LogP contribution in [-0.4, -0.2) is 31.1 Å². The van der Waals surface area contributed by atoms with Gasteiger partial charge in [-0.1, -0.05) is 0 Å². The molecule has 0 unspecified atom stereocenters. The van der Waals surface area contributed by atoms with E-state index in [0.717, 1.165) is 13.0 Å². The van der Waals surface area contributed by atoms with Gasteiger partial charge in [0.05, 0.1) is 0 Å². The van der Waals surface area contributed by atoms with Crippen molar-refractivity contribution in [3.63, 3.8) is 0 Å². The van der Waals surface area contributed by atoms with Gasteiger partial charge in [0.15, 0.2) is 0 Å². The molecule has 2 N–H and O–H groups in total. The predicted molar refractivity (Wildman–Crippen MR) is 54.7 cm³/mol. The average molecular weight is 190 g/mol. The molecule has 0 fully saturated rings. The fraction of sp³-hybridized carbons (Fsp3) is 0.875. The number of nitrogens with one attached hydrogen (secondary N) is 2. The summed E-state index contributed by atoms with van der Waals surface area (Å²) in [6.07, 6.45) is 4.34. The predicted octanol–water partition coefficient (Wildman–Crippen LogP) is 1.45. The fourth-order valence-electron chi connectivity index (χ4n) is 0.796. The summed E-state index contributed by atoms with van der Waals surface area (Å²) in [5.41, 5.74) is 0. The zero-order valence-electron chi connectivity index (χ0n) is 7.85. The van der Waals surface area contributed by atoms with Crippen LogP contribution in [0.3, 0.4) is 0 Å². The Morgan fingerprint density at radius 2 is 2.08 bits per heavy atom. The van der Waals surface area contributed by atoms with Crippen LogP contribution in [0, 0.1) is 0 Å². The van der Waals surface area contributed by atoms with Gasteiger partial charge in [-0.25, -0.2) is 4.79 Å². The number of thioether (sulfide) groups is 1. The smallest absolute Gasteiger partial charge is 0.314 e. The maximum atomic E-state index is 10.8. The molecule has 0 rings (SSSR count). The molecule has 0 aliphatic heterocycles. The highest BCUT2D eigenvalue weighted by Crippen LogP contribution is 1.97. The van der Waals surface area contributed by atoms with E-state index in [1.54, 1.807) is 0 Å². The summed E-state index contributed by atoms with van der Waals surface area (Å²) in [7, 11) is 0. The summed E-state index contributed by atoms with van der Waals surface area (Å²) in [5.74, 6) is 1.18. The summed E-state index contributed by atoms with van der Waals surface area (Å²) in [4.78, 5) is 10.8. The van der Waals surface area contributed by atoms with Crippen molar-refractivity contribution in [1.82, 2.24) is 10.6 Å². The van der Waals surface area contributed by atoms with E-state index in [9.17, 15) is 4.79 Å². The molecular weight excluding hydrogens is 172 g/mol. The molecule has 0 aromatic rings. The molecular formula is C8H18N2OS. The monoisotopic (exact) mass is 190 g/mol. The lowest BCUT2D eigenvalue weighted by atomic mass is 10.3. The molecule has 0 aromatic carbocycles. The molecule has 0 saturated carbocycles. The van der Waals surface area contributed by atoms with Crippen molar-refractivity contribution >= 4 is 17.8 Å². The molecule has 72 valence electrons. The molecule has 0 atom stereocenters. The average Bonchev–Trinajstić information content (AvgIpc) is 2.05. The van der Waals surface area contributed by atoms with E-state index in [1.165, 1.54) is 12.2 Å². The van der Waals surface area contributed by atoms with Crippen molar-refractivity contribution in [3.05, 3.63) is 0 Å². The van der Waals surface area contributed by atoms with Crippen LogP contribution in [-0.2, 0) is 0 Å². The largest absolute Gasteiger partial charge is 0.338 e. The number of urea groups is 1. The minimum atomic E-state index is -0.0540. The maximum Gasteiger partial charge on any atom is 0.314 e. The quantitative estimate of drug-likeness (QED) is 0.622. The van der Waals surface area contributed by atoms with Gasteiger partial charge in [0.25, 0.3) is 0 Å². The van der Waals surface area contributed by atoms with Gasteiger partial charge in [-0.15, -0.1) is 0 Å². The molecule has 3 nitrogen and oxygen atoms in total. The summed E-state index contributed by atoms with van der Waals surface area (Å²) >= 11 is 1.84. The van der Waals surface area contributed by atoms with Gasteiger partial charge >= 0.3 is 6.03 Å². The van der Waals surface area contributed by atoms with E-state index < -0.39 is 0 Å². The molecule has 12 heavy (non-hydrogen) atoms. The molecule has 0 bridgehead atoms. The van der Waals surface area contributed by atoms with Crippen molar-refractivity contribution in [2.45, 2.75) is 19.8 Å². The SMILES string of the molecule is CCNC(=O)NCCCCSC. The number of carbonyl (C=O) groups excluding carboxylic acids is 1. The van der Waals surface area contributed by atoms with E-state index in [2.05, 4.69) is 16.9 Å². The third-order valence-corrected chi connectivity index (χ3v) is 2.10. The topological polar surface area (TPSA) is 41.1 Å². The molecule has 0 saturated heterocycles. The van der Waals surface area contributed by atoms with Crippen molar-refractivity contribution in [2.24, 2.45) is 0 Å². The first kappa shape index (κ1) is 11.6. The Labute approximate surface area is 78.7 Å². The Kier molecular flexibility index (Phi) is 8.44. The van der Waals surface area contributed by atoms with E-state index in [-0.39, 0.29) is 6.03 Å². The zero-order chi connectivity index (χ0) is 9.23. The minimum absolute atomic E-state index is 0.0540. The van der Waals surface area contributed by atoms with E-state index in [0.29, 0.717) is 6.54 Å². The minimum Gasteiger partial charge on any atom is -0.338 e. The third-order valence-electron chi connectivity index (χ3n) is 1.40. The summed E-state index contributed by atoms with van der Waals surface area (Å²) in [6.45, 7) is 3.39. The Morgan fingerprint density at radius 1 is 1.33 bits per heavy atom. The van der Waals surface area contributed by atoms with Gasteiger partial charge in [-0.05, 0) is 31.8 Å². The highest BCUT2D eigenvalue weighted by Gasteiger charge is 1.94. The van der Waals surface area contributed by atoms with Crippen LogP contribution in [0.4, 0.5) is 4.79 Å². The normalized spacial score (nSPS) is 9.50. The molecule has 0 aliphatic carbocycles. The number of amides is 2. The number of carbonyl (C=O) groups is 1. The standard InChI is InChI=1S/C8H18N2OS/c1-3-9-8(11)10-6-4-5-7-12-2/h3-7H2,1-2H3,(H2,9,10,11). The number of hydrogen-bond donors (Lipinski definition) is 2. The second-order valence-electron chi connectivity index (χ2n) is 2.49. The van der Waals surface area contributed by atoms with Crippen molar-refractivity contribution < 1.29 is 4.79 Å². The summed E-state index contributed by atoms with van der Waals surface area (Å²) < 4.78 is 0. The molecule has 0 radical (unpaired) electrons. The van der Waals surface area contributed by atoms with E-state index in [4.69, 9.17) is 0 Å². The zero-order valence-corrected chi connectivity index (χ0v) is 8.67. The second kappa shape index (κ2) is 8.71. The molecule has 4 heteroatoms. The van der Waals surface area contributed by atoms with Gasteiger partial charge in [0.1, 0.15) is 0 Å². The summed E-state index contributed by atoms with van der Waals surface area (Å²) in [5, 5.41) is 5.46. The van der Waals surface area contributed by atoms with Crippen LogP contribution < -0.4 is 10.6 Å². The molecule has 0 heterocycles. The van der Waals surface area contributed by atoms with Gasteiger partial charge in [-0.3, -0.25) is 0 Å². The fourth-order valence-corrected chi connectivity index (χ4v) is 1.29. The number of hydrogen-bond acceptors (Lipinski definition) is 2. The molecule has 2 amide bonds. The Morgan fingerprint density at radius 3 is 2.67 bits per heavy atom. The Balaban J connectivity index is 3.03. The first-order valence-corrected chi connectivity index (χ1v) is 5.71. The van der Waals surface area contributed by atoms with Crippen LogP contribution >= 0.6 is 11.8 Å². The molecule has 0 spiro atoms. The highest BCUT2D eigenvalue weighted by molar-refractivity contribution is 7.98. The number of rotatable bonds is 6. The summed E-state index contributed by atoms with van der Waals surface area (Å²) in [6, 6.07) is -0.0540.